The van der Waals surface area contributed by atoms with E-state index in [1.54, 1.807) is 35.8 Å². The highest BCUT2D eigenvalue weighted by Gasteiger charge is 2.20. The van der Waals surface area contributed by atoms with Gasteiger partial charge in [0.2, 0.25) is 0 Å². The normalized spacial score (nSPS) is 11.9. The summed E-state index contributed by atoms with van der Waals surface area (Å²) in [4.78, 5) is 13.9. The van der Waals surface area contributed by atoms with Crippen LogP contribution in [0.4, 0.5) is 0 Å². The lowest BCUT2D eigenvalue weighted by Crippen LogP contribution is -2.28. The van der Waals surface area contributed by atoms with Crippen LogP contribution in [0, 0.1) is 0 Å². The molecule has 3 aromatic rings. The Bertz CT molecular complexity index is 751. The van der Waals surface area contributed by atoms with Crippen molar-refractivity contribution in [3.8, 4) is 5.75 Å². The third-order valence-electron chi connectivity index (χ3n) is 3.40. The summed E-state index contributed by atoms with van der Waals surface area (Å²) >= 11 is 6.69. The van der Waals surface area contributed by atoms with Crippen molar-refractivity contribution >= 4 is 44.5 Å². The number of rotatable bonds is 5. The van der Waals surface area contributed by atoms with Crippen LogP contribution in [-0.2, 0) is 0 Å². The number of nitrogens with one attached hydrogen (secondary N) is 1. The molecule has 1 N–H and O–H groups in total. The zero-order valence-corrected chi connectivity index (χ0v) is 15.5. The molecule has 1 atom stereocenters. The molecule has 2 heterocycles. The highest BCUT2D eigenvalue weighted by Crippen LogP contribution is 2.29. The summed E-state index contributed by atoms with van der Waals surface area (Å²) in [6.07, 6.45) is 0. The molecule has 0 saturated heterocycles. The quantitative estimate of drug-likeness (QED) is 0.638. The van der Waals surface area contributed by atoms with Gasteiger partial charge >= 0.3 is 0 Å². The number of benzene rings is 1. The third-order valence-corrected chi connectivity index (χ3v) is 5.73. The molecule has 0 spiro atoms. The highest BCUT2D eigenvalue weighted by atomic mass is 79.9. The molecule has 23 heavy (non-hydrogen) atoms. The van der Waals surface area contributed by atoms with Crippen LogP contribution in [0.25, 0.3) is 0 Å². The Morgan fingerprint density at radius 3 is 2.78 bits per heavy atom. The van der Waals surface area contributed by atoms with Gasteiger partial charge in [-0.2, -0.15) is 11.3 Å². The van der Waals surface area contributed by atoms with Crippen LogP contribution in [0.1, 0.15) is 26.8 Å². The SMILES string of the molecule is COc1ccc(Br)c(C(=O)N[C@@H](c2ccsc2)c2cccs2)c1. The zero-order chi connectivity index (χ0) is 16.2. The van der Waals surface area contributed by atoms with E-state index in [9.17, 15) is 4.79 Å². The van der Waals surface area contributed by atoms with E-state index in [1.165, 1.54) is 0 Å². The molecule has 0 aliphatic carbocycles. The van der Waals surface area contributed by atoms with Crippen LogP contribution in [0.5, 0.6) is 5.75 Å². The van der Waals surface area contributed by atoms with Gasteiger partial charge in [0.15, 0.2) is 0 Å². The van der Waals surface area contributed by atoms with E-state index in [0.717, 1.165) is 14.9 Å². The molecule has 0 radical (unpaired) electrons. The molecule has 0 unspecified atom stereocenters. The Morgan fingerprint density at radius 1 is 1.26 bits per heavy atom. The van der Waals surface area contributed by atoms with Crippen LogP contribution in [-0.4, -0.2) is 13.0 Å². The minimum Gasteiger partial charge on any atom is -0.497 e. The molecule has 3 rings (SSSR count). The van der Waals surface area contributed by atoms with Crippen LogP contribution in [0.3, 0.4) is 0 Å². The van der Waals surface area contributed by atoms with Crippen LogP contribution in [0.15, 0.2) is 57.0 Å². The average Bonchev–Trinajstić information content (AvgIpc) is 3.26. The Kier molecular flexibility index (Phi) is 5.15. The Labute approximate surface area is 151 Å². The second-order valence-electron chi connectivity index (χ2n) is 4.82. The maximum absolute atomic E-state index is 12.7. The maximum Gasteiger partial charge on any atom is 0.253 e. The zero-order valence-electron chi connectivity index (χ0n) is 12.3. The van der Waals surface area contributed by atoms with Crippen molar-refractivity contribution < 1.29 is 9.53 Å². The number of methoxy groups -OCH3 is 1. The molecule has 1 amide bonds. The molecule has 0 aliphatic heterocycles. The monoisotopic (exact) mass is 407 g/mol. The second kappa shape index (κ2) is 7.29. The summed E-state index contributed by atoms with van der Waals surface area (Å²) < 4.78 is 5.95. The molecule has 0 bridgehead atoms. The Morgan fingerprint density at radius 2 is 2.13 bits per heavy atom. The van der Waals surface area contributed by atoms with Gasteiger partial charge in [0.05, 0.1) is 18.7 Å². The fourth-order valence-corrected chi connectivity index (χ4v) is 4.14. The van der Waals surface area contributed by atoms with Crippen molar-refractivity contribution in [3.05, 3.63) is 73.0 Å². The first-order valence-electron chi connectivity index (χ1n) is 6.89. The maximum atomic E-state index is 12.7. The third kappa shape index (κ3) is 3.65. The van der Waals surface area contributed by atoms with Crippen LogP contribution in [0.2, 0.25) is 0 Å². The number of halogens is 1. The van der Waals surface area contributed by atoms with E-state index in [1.807, 2.05) is 41.1 Å². The van der Waals surface area contributed by atoms with Gasteiger partial charge in [0.1, 0.15) is 5.75 Å². The van der Waals surface area contributed by atoms with Crippen molar-refractivity contribution in [2.45, 2.75) is 6.04 Å². The summed E-state index contributed by atoms with van der Waals surface area (Å²) in [5.41, 5.74) is 1.64. The number of thiophene rings is 2. The molecule has 0 fully saturated rings. The van der Waals surface area contributed by atoms with Crippen molar-refractivity contribution in [1.82, 2.24) is 5.32 Å². The van der Waals surface area contributed by atoms with Gasteiger partial charge in [0.25, 0.3) is 5.91 Å². The number of hydrogen-bond acceptors (Lipinski definition) is 4. The predicted octanol–water partition coefficient (Wildman–Crippen LogP) is 5.10. The molecule has 118 valence electrons. The fourth-order valence-electron chi connectivity index (χ4n) is 2.23. The fraction of sp³-hybridized carbons (Fsp3) is 0.118. The minimum atomic E-state index is -0.146. The van der Waals surface area contributed by atoms with E-state index in [2.05, 4.69) is 26.6 Å². The average molecular weight is 408 g/mol. The molecular weight excluding hydrogens is 394 g/mol. The largest absolute Gasteiger partial charge is 0.497 e. The van der Waals surface area contributed by atoms with Crippen molar-refractivity contribution in [2.24, 2.45) is 0 Å². The summed E-state index contributed by atoms with van der Waals surface area (Å²) in [6.45, 7) is 0. The summed E-state index contributed by atoms with van der Waals surface area (Å²) in [7, 11) is 1.59. The highest BCUT2D eigenvalue weighted by molar-refractivity contribution is 9.10. The van der Waals surface area contributed by atoms with Gasteiger partial charge in [-0.05, 0) is 68.0 Å². The first kappa shape index (κ1) is 16.2. The van der Waals surface area contributed by atoms with Gasteiger partial charge in [-0.1, -0.05) is 6.07 Å². The number of carbonyl (C=O) groups excluding carboxylic acids is 1. The molecule has 2 aromatic heterocycles. The number of carbonyl (C=O) groups is 1. The topological polar surface area (TPSA) is 38.3 Å². The van der Waals surface area contributed by atoms with E-state index in [4.69, 9.17) is 4.74 Å². The summed E-state index contributed by atoms with van der Waals surface area (Å²) in [5.74, 6) is 0.516. The van der Waals surface area contributed by atoms with Gasteiger partial charge in [-0.25, -0.2) is 0 Å². The number of hydrogen-bond donors (Lipinski definition) is 1. The number of ether oxygens (including phenoxy) is 1. The molecule has 3 nitrogen and oxygen atoms in total. The van der Waals surface area contributed by atoms with E-state index in [0.29, 0.717) is 11.3 Å². The molecule has 0 aliphatic rings. The lowest BCUT2D eigenvalue weighted by molar-refractivity contribution is 0.0942. The molecule has 6 heteroatoms. The second-order valence-corrected chi connectivity index (χ2v) is 7.44. The standard InChI is InChI=1S/C17H14BrNO2S2/c1-21-12-4-5-14(18)13(9-12)17(20)19-16(11-6-8-22-10-11)15-3-2-7-23-15/h2-10,16H,1H3,(H,19,20)/t16-/m0/s1. The van der Waals surface area contributed by atoms with Crippen molar-refractivity contribution in [2.75, 3.05) is 7.11 Å². The summed E-state index contributed by atoms with van der Waals surface area (Å²) in [6, 6.07) is 11.3. The van der Waals surface area contributed by atoms with E-state index in [-0.39, 0.29) is 11.9 Å². The molecule has 0 saturated carbocycles. The van der Waals surface area contributed by atoms with Gasteiger partial charge in [-0.3, -0.25) is 4.79 Å². The van der Waals surface area contributed by atoms with Crippen molar-refractivity contribution in [3.63, 3.8) is 0 Å². The molecular formula is C17H14BrNO2S2. The van der Waals surface area contributed by atoms with Gasteiger partial charge < -0.3 is 10.1 Å². The number of amides is 1. The first-order chi connectivity index (χ1) is 11.2. The van der Waals surface area contributed by atoms with E-state index < -0.39 is 0 Å². The first-order valence-corrected chi connectivity index (χ1v) is 9.50. The lowest BCUT2D eigenvalue weighted by Gasteiger charge is -2.17. The predicted molar refractivity (Wildman–Crippen MR) is 98.6 cm³/mol. The van der Waals surface area contributed by atoms with E-state index >= 15 is 0 Å². The minimum absolute atomic E-state index is 0.139. The molecule has 1 aromatic carbocycles. The van der Waals surface area contributed by atoms with Crippen LogP contribution < -0.4 is 10.1 Å². The van der Waals surface area contributed by atoms with Crippen LogP contribution >= 0.6 is 38.6 Å². The Hall–Kier alpha value is -1.63. The lowest BCUT2D eigenvalue weighted by atomic mass is 10.1. The summed E-state index contributed by atoms with van der Waals surface area (Å²) in [5, 5.41) is 9.22. The smallest absolute Gasteiger partial charge is 0.253 e. The Balaban J connectivity index is 1.90. The van der Waals surface area contributed by atoms with Gasteiger partial charge in [0, 0.05) is 9.35 Å². The van der Waals surface area contributed by atoms with Crippen molar-refractivity contribution in [1.29, 1.82) is 0 Å². The van der Waals surface area contributed by atoms with Gasteiger partial charge in [-0.15, -0.1) is 11.3 Å².